The third kappa shape index (κ3) is 6.42. The Labute approximate surface area is 201 Å². The highest BCUT2D eigenvalue weighted by molar-refractivity contribution is 8.01. The quantitative estimate of drug-likeness (QED) is 0.273. The van der Waals surface area contributed by atoms with Gasteiger partial charge in [-0.15, -0.1) is 0 Å². The van der Waals surface area contributed by atoms with Gasteiger partial charge in [-0.3, -0.25) is 4.72 Å². The van der Waals surface area contributed by atoms with E-state index in [2.05, 4.69) is 42.0 Å². The predicted octanol–water partition coefficient (Wildman–Crippen LogP) is 8.02. The van der Waals surface area contributed by atoms with Gasteiger partial charge in [0.25, 0.3) is 0 Å². The van der Waals surface area contributed by atoms with E-state index < -0.39 is 0 Å². The first-order chi connectivity index (χ1) is 15.6. The number of aliphatic hydroxyl groups excluding tert-OH is 1. The average Bonchev–Trinajstić information content (AvgIpc) is 3.14. The fourth-order valence-corrected chi connectivity index (χ4v) is 7.61. The maximum atomic E-state index is 9.98. The zero-order valence-corrected chi connectivity index (χ0v) is 21.1. The van der Waals surface area contributed by atoms with E-state index in [0.717, 1.165) is 37.6 Å². The summed E-state index contributed by atoms with van der Waals surface area (Å²) >= 11 is 1.81. The van der Waals surface area contributed by atoms with Crippen molar-refractivity contribution in [2.24, 2.45) is 17.3 Å². The highest BCUT2D eigenvalue weighted by atomic mass is 32.2. The Balaban J connectivity index is 1.20. The van der Waals surface area contributed by atoms with Gasteiger partial charge in [-0.2, -0.15) is 0 Å². The lowest BCUT2D eigenvalue weighted by molar-refractivity contribution is 0.127. The Kier molecular flexibility index (Phi) is 9.20. The van der Waals surface area contributed by atoms with Gasteiger partial charge in [-0.1, -0.05) is 61.3 Å². The molecule has 4 atom stereocenters. The molecule has 4 rings (SSSR count). The summed E-state index contributed by atoms with van der Waals surface area (Å²) < 4.78 is 3.55. The van der Waals surface area contributed by atoms with Crippen LogP contribution in [0.3, 0.4) is 0 Å². The van der Waals surface area contributed by atoms with Gasteiger partial charge in [0, 0.05) is 11.4 Å². The van der Waals surface area contributed by atoms with Crippen LogP contribution in [0.25, 0.3) is 0 Å². The summed E-state index contributed by atoms with van der Waals surface area (Å²) in [6, 6.07) is 0. The number of aliphatic hydroxyl groups is 1. The van der Waals surface area contributed by atoms with Crippen LogP contribution in [0.4, 0.5) is 0 Å². The molecule has 0 aromatic heterocycles. The Morgan fingerprint density at radius 1 is 1.09 bits per heavy atom. The van der Waals surface area contributed by atoms with E-state index in [-0.39, 0.29) is 6.10 Å². The van der Waals surface area contributed by atoms with Gasteiger partial charge >= 0.3 is 0 Å². The summed E-state index contributed by atoms with van der Waals surface area (Å²) in [7, 11) is 0. The number of nitrogens with one attached hydrogen (secondary N) is 1. The zero-order valence-electron chi connectivity index (χ0n) is 20.3. The van der Waals surface area contributed by atoms with Crippen LogP contribution in [-0.2, 0) is 0 Å². The zero-order chi connectivity index (χ0) is 22.2. The van der Waals surface area contributed by atoms with E-state index in [4.69, 9.17) is 0 Å². The lowest BCUT2D eigenvalue weighted by Crippen LogP contribution is -2.33. The summed E-state index contributed by atoms with van der Waals surface area (Å²) in [4.78, 5) is 1.39. The van der Waals surface area contributed by atoms with Crippen molar-refractivity contribution in [3.63, 3.8) is 0 Å². The SMILES string of the molecule is CC12CCC/C(=C\C=C3\CCCC(O)C3)C1CCC2CCCCCNSC1=CCCC=C1. The summed E-state index contributed by atoms with van der Waals surface area (Å²) in [6.45, 7) is 3.74. The van der Waals surface area contributed by atoms with Gasteiger partial charge in [0.2, 0.25) is 0 Å². The van der Waals surface area contributed by atoms with Crippen molar-refractivity contribution in [2.45, 2.75) is 109 Å². The van der Waals surface area contributed by atoms with Crippen LogP contribution in [0, 0.1) is 17.3 Å². The molecular weight excluding hydrogens is 410 g/mol. The molecule has 3 fully saturated rings. The van der Waals surface area contributed by atoms with E-state index in [0.29, 0.717) is 5.41 Å². The first kappa shape index (κ1) is 24.4. The van der Waals surface area contributed by atoms with E-state index in [9.17, 15) is 5.11 Å². The smallest absolute Gasteiger partial charge is 0.0577 e. The summed E-state index contributed by atoms with van der Waals surface area (Å²) in [6.07, 6.45) is 30.7. The van der Waals surface area contributed by atoms with Crippen molar-refractivity contribution < 1.29 is 5.11 Å². The van der Waals surface area contributed by atoms with E-state index in [1.165, 1.54) is 87.5 Å². The van der Waals surface area contributed by atoms with E-state index in [1.54, 1.807) is 5.57 Å². The molecule has 0 amide bonds. The molecule has 0 bridgehead atoms. The molecule has 0 heterocycles. The summed E-state index contributed by atoms with van der Waals surface area (Å²) in [5.41, 5.74) is 3.73. The molecule has 0 spiro atoms. The standard InChI is InChI=1S/C29H45NOS/c1-29-20-9-11-24(17-16-23-10-8-13-26(31)22-23)28(29)19-18-25(29)12-4-3-7-21-30-32-27-14-5-2-6-15-27/h5,14-17,25-26,28,30-31H,2-4,6-13,18-22H2,1H3/b23-16-,24-17+. The molecule has 4 aliphatic rings. The van der Waals surface area contributed by atoms with Gasteiger partial charge in [0.05, 0.1) is 6.10 Å². The number of hydrogen-bond donors (Lipinski definition) is 2. The van der Waals surface area contributed by atoms with Crippen LogP contribution in [0.2, 0.25) is 0 Å². The van der Waals surface area contributed by atoms with Gasteiger partial charge < -0.3 is 5.11 Å². The lowest BCUT2D eigenvalue weighted by Gasteiger charge is -2.42. The molecule has 178 valence electrons. The highest BCUT2D eigenvalue weighted by Gasteiger charge is 2.48. The second-order valence-corrected chi connectivity index (χ2v) is 11.9. The third-order valence-electron chi connectivity index (χ3n) is 8.71. The topological polar surface area (TPSA) is 32.3 Å². The van der Waals surface area contributed by atoms with Gasteiger partial charge in [0.1, 0.15) is 0 Å². The first-order valence-corrected chi connectivity index (χ1v) is 14.3. The second-order valence-electron chi connectivity index (χ2n) is 10.9. The first-order valence-electron chi connectivity index (χ1n) is 13.5. The van der Waals surface area contributed by atoms with Crippen molar-refractivity contribution >= 4 is 11.9 Å². The van der Waals surface area contributed by atoms with Crippen LogP contribution in [0.15, 0.2) is 46.4 Å². The normalized spacial score (nSPS) is 35.3. The summed E-state index contributed by atoms with van der Waals surface area (Å²) in [5, 5.41) is 9.98. The molecule has 0 saturated heterocycles. The fourth-order valence-electron chi connectivity index (χ4n) is 6.83. The molecule has 2 nitrogen and oxygen atoms in total. The van der Waals surface area contributed by atoms with Crippen molar-refractivity contribution in [3.8, 4) is 0 Å². The minimum atomic E-state index is -0.101. The van der Waals surface area contributed by atoms with Crippen molar-refractivity contribution in [3.05, 3.63) is 46.4 Å². The minimum absolute atomic E-state index is 0.101. The monoisotopic (exact) mass is 455 g/mol. The van der Waals surface area contributed by atoms with Crippen LogP contribution >= 0.6 is 11.9 Å². The van der Waals surface area contributed by atoms with Gasteiger partial charge in [-0.25, -0.2) is 0 Å². The van der Waals surface area contributed by atoms with Crippen molar-refractivity contribution in [1.82, 2.24) is 4.72 Å². The molecule has 4 unspecified atom stereocenters. The molecule has 0 radical (unpaired) electrons. The number of fused-ring (bicyclic) bond motifs is 1. The number of allylic oxidation sites excluding steroid dienone is 6. The van der Waals surface area contributed by atoms with Gasteiger partial charge in [-0.05, 0) is 113 Å². The fraction of sp³-hybridized carbons (Fsp3) is 0.724. The van der Waals surface area contributed by atoms with E-state index in [1.807, 2.05) is 11.9 Å². The number of hydrogen-bond acceptors (Lipinski definition) is 3. The predicted molar refractivity (Wildman–Crippen MR) is 139 cm³/mol. The second kappa shape index (κ2) is 12.1. The highest BCUT2D eigenvalue weighted by Crippen LogP contribution is 2.58. The third-order valence-corrected chi connectivity index (χ3v) is 9.60. The van der Waals surface area contributed by atoms with Crippen LogP contribution in [-0.4, -0.2) is 17.8 Å². The maximum Gasteiger partial charge on any atom is 0.0577 e. The van der Waals surface area contributed by atoms with Crippen LogP contribution in [0.5, 0.6) is 0 Å². The molecule has 3 heteroatoms. The summed E-state index contributed by atoms with van der Waals surface area (Å²) in [5.74, 6) is 1.72. The number of unbranched alkanes of at least 4 members (excludes halogenated alkanes) is 2. The Bertz CT molecular complexity index is 735. The van der Waals surface area contributed by atoms with Crippen molar-refractivity contribution in [2.75, 3.05) is 6.54 Å². The molecule has 3 saturated carbocycles. The molecule has 0 aliphatic heterocycles. The molecule has 32 heavy (non-hydrogen) atoms. The van der Waals surface area contributed by atoms with E-state index >= 15 is 0 Å². The molecule has 0 aromatic rings. The lowest BCUT2D eigenvalue weighted by atomic mass is 9.62. The molecule has 0 aromatic carbocycles. The Hall–Kier alpha value is -0.770. The van der Waals surface area contributed by atoms with Crippen molar-refractivity contribution in [1.29, 1.82) is 0 Å². The minimum Gasteiger partial charge on any atom is -0.393 e. The van der Waals surface area contributed by atoms with Crippen LogP contribution < -0.4 is 4.72 Å². The molecule has 4 aliphatic carbocycles. The average molecular weight is 456 g/mol. The largest absolute Gasteiger partial charge is 0.393 e. The van der Waals surface area contributed by atoms with Crippen LogP contribution in [0.1, 0.15) is 103 Å². The molecular formula is C29H45NOS. The van der Waals surface area contributed by atoms with Gasteiger partial charge in [0.15, 0.2) is 0 Å². The molecule has 2 N–H and O–H groups in total. The maximum absolute atomic E-state index is 9.98. The number of rotatable bonds is 9. The Morgan fingerprint density at radius 3 is 2.88 bits per heavy atom. The Morgan fingerprint density at radius 2 is 2.03 bits per heavy atom.